The van der Waals surface area contributed by atoms with Crippen LogP contribution in [0.1, 0.15) is 38.0 Å². The van der Waals surface area contributed by atoms with Gasteiger partial charge in [0.2, 0.25) is 0 Å². The van der Waals surface area contributed by atoms with Gasteiger partial charge in [-0.2, -0.15) is 0 Å². The van der Waals surface area contributed by atoms with Crippen molar-refractivity contribution in [1.29, 1.82) is 0 Å². The van der Waals surface area contributed by atoms with Gasteiger partial charge in [-0.1, -0.05) is 44.0 Å². The lowest BCUT2D eigenvalue weighted by Crippen LogP contribution is -2.27. The zero-order chi connectivity index (χ0) is 23.5. The Labute approximate surface area is 189 Å². The molecule has 4 rings (SSSR count). The summed E-state index contributed by atoms with van der Waals surface area (Å²) in [5.74, 6) is -5.54. The Morgan fingerprint density at radius 3 is 1.91 bits per heavy atom. The van der Waals surface area contributed by atoms with Crippen molar-refractivity contribution in [1.82, 2.24) is 0 Å². The van der Waals surface area contributed by atoms with E-state index in [-0.39, 0.29) is 22.3 Å². The normalized spacial score (nSPS) is 18.5. The van der Waals surface area contributed by atoms with Crippen LogP contribution in [0.5, 0.6) is 0 Å². The van der Waals surface area contributed by atoms with Crippen molar-refractivity contribution in [2.24, 2.45) is 5.92 Å². The van der Waals surface area contributed by atoms with Crippen LogP contribution in [0.4, 0.5) is 22.0 Å². The summed E-state index contributed by atoms with van der Waals surface area (Å²) >= 11 is 0. The van der Waals surface area contributed by atoms with Crippen molar-refractivity contribution < 1.29 is 31.4 Å². The number of hydrogen-bond acceptors (Lipinski definition) is 2. The summed E-state index contributed by atoms with van der Waals surface area (Å²) in [7, 11) is 0. The molecule has 0 bridgehead atoms. The Kier molecular flexibility index (Phi) is 7.10. The Hall–Kier alpha value is -2.77. The predicted molar refractivity (Wildman–Crippen MR) is 115 cm³/mol. The van der Waals surface area contributed by atoms with Gasteiger partial charge >= 0.3 is 0 Å². The molecule has 2 nitrogen and oxygen atoms in total. The van der Waals surface area contributed by atoms with Crippen molar-refractivity contribution in [3.8, 4) is 22.3 Å². The smallest absolute Gasteiger partial charge is 0.194 e. The molecular formula is C26H23F5O2. The maximum absolute atomic E-state index is 14.9. The third-order valence-electron chi connectivity index (χ3n) is 5.77. The van der Waals surface area contributed by atoms with Gasteiger partial charge < -0.3 is 9.47 Å². The molecule has 0 aromatic heterocycles. The molecule has 0 spiro atoms. The lowest BCUT2D eigenvalue weighted by molar-refractivity contribution is -0.206. The van der Waals surface area contributed by atoms with Gasteiger partial charge in [0, 0.05) is 22.6 Å². The third kappa shape index (κ3) is 5.09. The highest BCUT2D eigenvalue weighted by molar-refractivity contribution is 5.71. The molecule has 0 amide bonds. The number of halogens is 5. The molecule has 3 aromatic rings. The van der Waals surface area contributed by atoms with Crippen LogP contribution in [0.3, 0.4) is 0 Å². The lowest BCUT2D eigenvalue weighted by Gasteiger charge is -2.29. The first-order valence-corrected chi connectivity index (χ1v) is 10.8. The molecule has 1 fully saturated rings. The van der Waals surface area contributed by atoms with Crippen molar-refractivity contribution in [3.05, 3.63) is 83.2 Å². The van der Waals surface area contributed by atoms with E-state index in [9.17, 15) is 22.0 Å². The average Bonchev–Trinajstić information content (AvgIpc) is 2.81. The van der Waals surface area contributed by atoms with E-state index in [1.807, 2.05) is 0 Å². The van der Waals surface area contributed by atoms with Crippen molar-refractivity contribution in [2.75, 3.05) is 13.2 Å². The van der Waals surface area contributed by atoms with E-state index < -0.39 is 35.4 Å². The maximum Gasteiger partial charge on any atom is 0.194 e. The minimum absolute atomic E-state index is 0.129. The topological polar surface area (TPSA) is 18.5 Å². The van der Waals surface area contributed by atoms with Crippen LogP contribution in [0.15, 0.2) is 48.5 Å². The van der Waals surface area contributed by atoms with Crippen LogP contribution in [-0.2, 0) is 9.47 Å². The second-order valence-electron chi connectivity index (χ2n) is 8.19. The molecule has 33 heavy (non-hydrogen) atoms. The average molecular weight is 462 g/mol. The highest BCUT2D eigenvalue weighted by atomic mass is 19.2. The fraction of sp³-hybridized carbons (Fsp3) is 0.308. The summed E-state index contributed by atoms with van der Waals surface area (Å²) in [6.45, 7) is 3.22. The van der Waals surface area contributed by atoms with E-state index in [1.165, 1.54) is 24.3 Å². The highest BCUT2D eigenvalue weighted by Gasteiger charge is 2.24. The van der Waals surface area contributed by atoms with Crippen LogP contribution in [-0.4, -0.2) is 13.2 Å². The van der Waals surface area contributed by atoms with Crippen LogP contribution in [0, 0.1) is 35.0 Å². The summed E-state index contributed by atoms with van der Waals surface area (Å²) in [5.41, 5.74) is 0.635. The summed E-state index contributed by atoms with van der Waals surface area (Å²) in [6, 6.07) is 9.65. The van der Waals surface area contributed by atoms with Gasteiger partial charge in [-0.3, -0.25) is 0 Å². The standard InChI is InChI=1S/C26H23F5O2/c1-2-3-4-15-13-32-26(33-14-15)17-6-8-19(22(28)10-17)16-5-7-20(21(27)9-16)18-11-23(29)25(31)24(30)12-18/h5-12,15,26H,2-4,13-14H2,1H3. The number of ether oxygens (including phenoxy) is 2. The number of rotatable bonds is 6. The largest absolute Gasteiger partial charge is 0.348 e. The molecule has 0 aliphatic carbocycles. The first-order chi connectivity index (χ1) is 15.9. The Morgan fingerprint density at radius 1 is 0.727 bits per heavy atom. The summed E-state index contributed by atoms with van der Waals surface area (Å²) in [4.78, 5) is 0. The Morgan fingerprint density at radius 2 is 1.30 bits per heavy atom. The van der Waals surface area contributed by atoms with Gasteiger partial charge in [-0.05, 0) is 41.8 Å². The zero-order valence-electron chi connectivity index (χ0n) is 18.0. The molecule has 3 aromatic carbocycles. The second kappa shape index (κ2) is 10.0. The van der Waals surface area contributed by atoms with Gasteiger partial charge in [-0.15, -0.1) is 0 Å². The first kappa shape index (κ1) is 23.4. The molecule has 0 N–H and O–H groups in total. The van der Waals surface area contributed by atoms with E-state index in [1.54, 1.807) is 6.07 Å². The minimum atomic E-state index is -1.62. The van der Waals surface area contributed by atoms with E-state index in [2.05, 4.69) is 6.92 Å². The lowest BCUT2D eigenvalue weighted by atomic mass is 9.98. The molecule has 0 atom stereocenters. The molecule has 0 saturated carbocycles. The molecule has 1 aliphatic rings. The van der Waals surface area contributed by atoms with Gasteiger partial charge in [0.05, 0.1) is 13.2 Å². The molecule has 1 aliphatic heterocycles. The van der Waals surface area contributed by atoms with Gasteiger partial charge in [0.15, 0.2) is 23.7 Å². The third-order valence-corrected chi connectivity index (χ3v) is 5.77. The number of benzene rings is 3. The monoisotopic (exact) mass is 462 g/mol. The zero-order valence-corrected chi connectivity index (χ0v) is 18.0. The fourth-order valence-corrected chi connectivity index (χ4v) is 3.93. The molecule has 0 radical (unpaired) electrons. The Bertz CT molecular complexity index is 1120. The highest BCUT2D eigenvalue weighted by Crippen LogP contribution is 2.33. The quantitative estimate of drug-likeness (QED) is 0.278. The summed E-state index contributed by atoms with van der Waals surface area (Å²) in [5, 5.41) is 0. The Balaban J connectivity index is 1.52. The van der Waals surface area contributed by atoms with Crippen molar-refractivity contribution in [2.45, 2.75) is 32.5 Å². The van der Waals surface area contributed by atoms with Gasteiger partial charge in [0.1, 0.15) is 11.6 Å². The van der Waals surface area contributed by atoms with E-state index in [0.717, 1.165) is 25.3 Å². The number of unbranched alkanes of at least 4 members (excludes halogenated alkanes) is 1. The van der Waals surface area contributed by atoms with Crippen LogP contribution < -0.4 is 0 Å². The molecule has 174 valence electrons. The fourth-order valence-electron chi connectivity index (χ4n) is 3.93. The van der Waals surface area contributed by atoms with Crippen molar-refractivity contribution >= 4 is 0 Å². The van der Waals surface area contributed by atoms with Crippen LogP contribution >= 0.6 is 0 Å². The maximum atomic E-state index is 14.9. The van der Waals surface area contributed by atoms with E-state index >= 15 is 0 Å². The molecule has 1 saturated heterocycles. The van der Waals surface area contributed by atoms with Crippen LogP contribution in [0.2, 0.25) is 0 Å². The second-order valence-corrected chi connectivity index (χ2v) is 8.19. The minimum Gasteiger partial charge on any atom is -0.348 e. The van der Waals surface area contributed by atoms with Gasteiger partial charge in [0.25, 0.3) is 0 Å². The summed E-state index contributed by atoms with van der Waals surface area (Å²) in [6.07, 6.45) is 2.57. The van der Waals surface area contributed by atoms with Crippen molar-refractivity contribution in [3.63, 3.8) is 0 Å². The predicted octanol–water partition coefficient (Wildman–Crippen LogP) is 7.57. The molecule has 1 heterocycles. The van der Waals surface area contributed by atoms with E-state index in [0.29, 0.717) is 36.8 Å². The summed E-state index contributed by atoms with van der Waals surface area (Å²) < 4.78 is 81.3. The first-order valence-electron chi connectivity index (χ1n) is 10.8. The van der Waals surface area contributed by atoms with Crippen LogP contribution in [0.25, 0.3) is 22.3 Å². The molecule has 0 unspecified atom stereocenters. The molecule has 7 heteroatoms. The SMILES string of the molecule is CCCCC1COC(c2ccc(-c3ccc(-c4cc(F)c(F)c(F)c4)c(F)c3)c(F)c2)OC1. The molecular weight excluding hydrogens is 439 g/mol. The van der Waals surface area contributed by atoms with E-state index in [4.69, 9.17) is 9.47 Å². The van der Waals surface area contributed by atoms with Gasteiger partial charge in [-0.25, -0.2) is 22.0 Å². The number of hydrogen-bond donors (Lipinski definition) is 0.